The van der Waals surface area contributed by atoms with Crippen LogP contribution in [0.15, 0.2) is 22.7 Å². The van der Waals surface area contributed by atoms with Gasteiger partial charge < -0.3 is 5.32 Å². The zero-order chi connectivity index (χ0) is 15.8. The lowest BCUT2D eigenvalue weighted by Gasteiger charge is -2.49. The molecule has 0 radical (unpaired) electrons. The van der Waals surface area contributed by atoms with Gasteiger partial charge in [0.25, 0.3) is 0 Å². The Kier molecular flexibility index (Phi) is 4.81. The molecule has 1 saturated heterocycles. The summed E-state index contributed by atoms with van der Waals surface area (Å²) in [5, 5.41) is 3.65. The molecule has 118 valence electrons. The fourth-order valence-corrected chi connectivity index (χ4v) is 3.15. The van der Waals surface area contributed by atoms with E-state index in [0.29, 0.717) is 12.6 Å². The van der Waals surface area contributed by atoms with Crippen molar-refractivity contribution in [2.45, 2.75) is 52.7 Å². The van der Waals surface area contributed by atoms with Crippen LogP contribution in [0.1, 0.15) is 40.2 Å². The third-order valence-electron chi connectivity index (χ3n) is 4.45. The largest absolute Gasteiger partial charge is 0.310 e. The highest BCUT2D eigenvalue weighted by atomic mass is 79.9. The summed E-state index contributed by atoms with van der Waals surface area (Å²) in [5.41, 5.74) is 0.980. The zero-order valence-corrected chi connectivity index (χ0v) is 15.2. The van der Waals surface area contributed by atoms with Crippen LogP contribution in [0.3, 0.4) is 0 Å². The fourth-order valence-electron chi connectivity index (χ4n) is 2.75. The molecule has 1 heterocycles. The van der Waals surface area contributed by atoms with E-state index < -0.39 is 0 Å². The lowest BCUT2D eigenvalue weighted by Crippen LogP contribution is -2.64. The molecule has 0 aliphatic carbocycles. The van der Waals surface area contributed by atoms with Gasteiger partial charge in [-0.15, -0.1) is 0 Å². The maximum Gasteiger partial charge on any atom is 0.127 e. The molecule has 0 bridgehead atoms. The van der Waals surface area contributed by atoms with Gasteiger partial charge in [0.1, 0.15) is 5.82 Å². The van der Waals surface area contributed by atoms with Gasteiger partial charge >= 0.3 is 0 Å². The van der Waals surface area contributed by atoms with Gasteiger partial charge in [-0.1, -0.05) is 36.7 Å². The van der Waals surface area contributed by atoms with E-state index in [9.17, 15) is 4.39 Å². The average Bonchev–Trinajstić information content (AvgIpc) is 2.34. The molecule has 2 nitrogen and oxygen atoms in total. The number of rotatable bonds is 2. The van der Waals surface area contributed by atoms with Crippen molar-refractivity contribution in [3.05, 3.63) is 34.1 Å². The Morgan fingerprint density at radius 1 is 1.38 bits per heavy atom. The highest BCUT2D eigenvalue weighted by molar-refractivity contribution is 9.10. The second-order valence-corrected chi connectivity index (χ2v) is 8.64. The summed E-state index contributed by atoms with van der Waals surface area (Å²) in [6.45, 7) is 13.7. The Balaban J connectivity index is 2.20. The minimum absolute atomic E-state index is 0.0243. The van der Waals surface area contributed by atoms with Crippen LogP contribution in [-0.4, -0.2) is 29.6 Å². The van der Waals surface area contributed by atoms with Crippen LogP contribution in [0.25, 0.3) is 0 Å². The summed E-state index contributed by atoms with van der Waals surface area (Å²) in [5.74, 6) is -0.125. The number of nitrogens with zero attached hydrogens (tertiary/aromatic N) is 1. The second-order valence-electron chi connectivity index (χ2n) is 7.73. The molecule has 1 N–H and O–H groups in total. The monoisotopic (exact) mass is 356 g/mol. The first kappa shape index (κ1) is 16.9. The summed E-state index contributed by atoms with van der Waals surface area (Å²) in [6, 6.07) is 5.59. The molecule has 0 aromatic heterocycles. The van der Waals surface area contributed by atoms with Crippen molar-refractivity contribution in [3.8, 4) is 0 Å². The van der Waals surface area contributed by atoms with E-state index in [4.69, 9.17) is 0 Å². The lowest BCUT2D eigenvalue weighted by molar-refractivity contribution is 0.0288. The van der Waals surface area contributed by atoms with Crippen LogP contribution in [0.5, 0.6) is 0 Å². The van der Waals surface area contributed by atoms with E-state index in [-0.39, 0.29) is 16.8 Å². The average molecular weight is 357 g/mol. The fraction of sp³-hybridized carbons (Fsp3) is 0.647. The first-order valence-electron chi connectivity index (χ1n) is 7.52. The van der Waals surface area contributed by atoms with Crippen molar-refractivity contribution in [2.24, 2.45) is 5.41 Å². The molecular weight excluding hydrogens is 331 g/mol. The highest BCUT2D eigenvalue weighted by Crippen LogP contribution is 2.29. The van der Waals surface area contributed by atoms with Crippen molar-refractivity contribution in [1.29, 1.82) is 0 Å². The Morgan fingerprint density at radius 3 is 2.67 bits per heavy atom. The molecule has 0 saturated carbocycles. The van der Waals surface area contributed by atoms with Crippen molar-refractivity contribution in [2.75, 3.05) is 13.1 Å². The summed E-state index contributed by atoms with van der Waals surface area (Å²) in [7, 11) is 0. The molecule has 1 fully saturated rings. The predicted molar refractivity (Wildman–Crippen MR) is 89.8 cm³/mol. The van der Waals surface area contributed by atoms with E-state index in [2.05, 4.69) is 60.8 Å². The summed E-state index contributed by atoms with van der Waals surface area (Å²) < 4.78 is 15.0. The van der Waals surface area contributed by atoms with Gasteiger partial charge in [0.2, 0.25) is 0 Å². The van der Waals surface area contributed by atoms with E-state index in [0.717, 1.165) is 23.1 Å². The van der Waals surface area contributed by atoms with Gasteiger partial charge in [-0.2, -0.15) is 0 Å². The molecule has 1 aromatic carbocycles. The standard InChI is InChI=1S/C17H26BrFN2/c1-16(2,3)15-10-21(17(4,5)11-20-15)9-12-8-13(18)6-7-14(12)19/h6-8,15,20H,9-11H2,1-5H3. The molecule has 2 rings (SSSR count). The van der Waals surface area contributed by atoms with Gasteiger partial charge in [-0.25, -0.2) is 4.39 Å². The van der Waals surface area contributed by atoms with Crippen LogP contribution < -0.4 is 5.32 Å². The van der Waals surface area contributed by atoms with E-state index in [1.807, 2.05) is 6.07 Å². The molecule has 1 atom stereocenters. The number of halogens is 2. The molecule has 1 aromatic rings. The molecular formula is C17H26BrFN2. The smallest absolute Gasteiger partial charge is 0.127 e. The SMILES string of the molecule is CC(C)(C)C1CN(Cc2cc(Br)ccc2F)C(C)(C)CN1. The van der Waals surface area contributed by atoms with E-state index in [1.54, 1.807) is 6.07 Å². The van der Waals surface area contributed by atoms with Crippen molar-refractivity contribution in [1.82, 2.24) is 10.2 Å². The van der Waals surface area contributed by atoms with Crippen LogP contribution in [0.2, 0.25) is 0 Å². The molecule has 1 aliphatic rings. The number of hydrogen-bond donors (Lipinski definition) is 1. The Bertz CT molecular complexity index is 508. The molecule has 21 heavy (non-hydrogen) atoms. The lowest BCUT2D eigenvalue weighted by atomic mass is 9.82. The third kappa shape index (κ3) is 4.05. The molecule has 1 unspecified atom stereocenters. The number of benzene rings is 1. The van der Waals surface area contributed by atoms with Gasteiger partial charge in [0.05, 0.1) is 0 Å². The van der Waals surface area contributed by atoms with Crippen molar-refractivity contribution < 1.29 is 4.39 Å². The summed E-state index contributed by atoms with van der Waals surface area (Å²) in [6.07, 6.45) is 0. The third-order valence-corrected chi connectivity index (χ3v) is 4.95. The Labute approximate surface area is 136 Å². The van der Waals surface area contributed by atoms with Crippen molar-refractivity contribution in [3.63, 3.8) is 0 Å². The maximum absolute atomic E-state index is 14.0. The van der Waals surface area contributed by atoms with Crippen LogP contribution in [0.4, 0.5) is 4.39 Å². The number of piperazine rings is 1. The second kappa shape index (κ2) is 5.98. The molecule has 0 amide bonds. The van der Waals surface area contributed by atoms with Crippen LogP contribution >= 0.6 is 15.9 Å². The van der Waals surface area contributed by atoms with Gasteiger partial charge in [0.15, 0.2) is 0 Å². The first-order chi connectivity index (χ1) is 9.59. The van der Waals surface area contributed by atoms with E-state index in [1.165, 1.54) is 6.07 Å². The topological polar surface area (TPSA) is 15.3 Å². The highest BCUT2D eigenvalue weighted by Gasteiger charge is 2.38. The summed E-state index contributed by atoms with van der Waals surface area (Å²) >= 11 is 3.44. The molecule has 4 heteroatoms. The zero-order valence-electron chi connectivity index (χ0n) is 13.6. The van der Waals surface area contributed by atoms with Crippen LogP contribution in [-0.2, 0) is 6.54 Å². The molecule has 1 aliphatic heterocycles. The summed E-state index contributed by atoms with van der Waals surface area (Å²) in [4.78, 5) is 2.39. The number of nitrogens with one attached hydrogen (secondary N) is 1. The van der Waals surface area contributed by atoms with Crippen LogP contribution in [0, 0.1) is 11.2 Å². The maximum atomic E-state index is 14.0. The Hall–Kier alpha value is -0.450. The minimum atomic E-state index is -0.125. The minimum Gasteiger partial charge on any atom is -0.310 e. The van der Waals surface area contributed by atoms with Gasteiger partial charge in [-0.05, 0) is 37.5 Å². The number of hydrogen-bond acceptors (Lipinski definition) is 2. The predicted octanol–water partition coefficient (Wildman–Crippen LogP) is 4.19. The molecule has 0 spiro atoms. The van der Waals surface area contributed by atoms with Gasteiger partial charge in [0, 0.05) is 41.3 Å². The Morgan fingerprint density at radius 2 is 2.05 bits per heavy atom. The van der Waals surface area contributed by atoms with Crippen molar-refractivity contribution >= 4 is 15.9 Å². The first-order valence-corrected chi connectivity index (χ1v) is 8.31. The van der Waals surface area contributed by atoms with E-state index >= 15 is 0 Å². The van der Waals surface area contributed by atoms with Gasteiger partial charge in [-0.3, -0.25) is 4.90 Å². The quantitative estimate of drug-likeness (QED) is 0.854. The normalized spacial score (nSPS) is 23.3.